The fourth-order valence-corrected chi connectivity index (χ4v) is 2.57. The molecule has 80 valence electrons. The summed E-state index contributed by atoms with van der Waals surface area (Å²) >= 11 is 1.65. The SMILES string of the molecule is CCCCCc1oc(=O)cc2ccsc12. The predicted octanol–water partition coefficient (Wildman–Crippen LogP) is 3.59. The summed E-state index contributed by atoms with van der Waals surface area (Å²) in [7, 11) is 0. The lowest BCUT2D eigenvalue weighted by molar-refractivity contribution is 0.460. The molecule has 0 atom stereocenters. The summed E-state index contributed by atoms with van der Waals surface area (Å²) in [5.41, 5.74) is -0.229. The molecule has 0 N–H and O–H groups in total. The van der Waals surface area contributed by atoms with Crippen LogP contribution in [0.3, 0.4) is 0 Å². The van der Waals surface area contributed by atoms with Crippen molar-refractivity contribution in [2.45, 2.75) is 32.6 Å². The third-order valence-corrected chi connectivity index (χ3v) is 3.42. The van der Waals surface area contributed by atoms with Gasteiger partial charge >= 0.3 is 5.63 Å². The molecule has 0 aliphatic heterocycles. The Kier molecular flexibility index (Phi) is 3.21. The van der Waals surface area contributed by atoms with Gasteiger partial charge in [0.15, 0.2) is 0 Å². The van der Waals surface area contributed by atoms with Crippen LogP contribution in [0.2, 0.25) is 0 Å². The van der Waals surface area contributed by atoms with Gasteiger partial charge < -0.3 is 4.42 Å². The van der Waals surface area contributed by atoms with Crippen molar-refractivity contribution in [3.63, 3.8) is 0 Å². The molecule has 2 rings (SSSR count). The monoisotopic (exact) mass is 222 g/mol. The molecule has 0 aliphatic carbocycles. The van der Waals surface area contributed by atoms with Crippen LogP contribution in [0.4, 0.5) is 0 Å². The van der Waals surface area contributed by atoms with E-state index in [1.165, 1.54) is 12.8 Å². The lowest BCUT2D eigenvalue weighted by atomic mass is 10.1. The molecular formula is C12H14O2S. The minimum atomic E-state index is -0.229. The van der Waals surface area contributed by atoms with Crippen LogP contribution < -0.4 is 5.63 Å². The van der Waals surface area contributed by atoms with Crippen molar-refractivity contribution in [2.75, 3.05) is 0 Å². The smallest absolute Gasteiger partial charge is 0.336 e. The molecule has 2 aromatic heterocycles. The molecule has 0 spiro atoms. The van der Waals surface area contributed by atoms with E-state index in [4.69, 9.17) is 4.42 Å². The van der Waals surface area contributed by atoms with E-state index >= 15 is 0 Å². The molecule has 2 nitrogen and oxygen atoms in total. The summed E-state index contributed by atoms with van der Waals surface area (Å²) in [5, 5.41) is 3.02. The zero-order chi connectivity index (χ0) is 10.7. The topological polar surface area (TPSA) is 30.2 Å². The Balaban J connectivity index is 2.32. The minimum Gasteiger partial charge on any atom is -0.426 e. The molecule has 0 saturated carbocycles. The molecule has 0 saturated heterocycles. The average molecular weight is 222 g/mol. The summed E-state index contributed by atoms with van der Waals surface area (Å²) in [6, 6.07) is 3.54. The fraction of sp³-hybridized carbons (Fsp3) is 0.417. The van der Waals surface area contributed by atoms with Gasteiger partial charge in [-0.3, -0.25) is 0 Å². The van der Waals surface area contributed by atoms with Crippen molar-refractivity contribution >= 4 is 21.4 Å². The van der Waals surface area contributed by atoms with Crippen molar-refractivity contribution in [3.8, 4) is 0 Å². The Morgan fingerprint density at radius 2 is 2.27 bits per heavy atom. The Bertz CT molecular complexity index is 496. The maximum Gasteiger partial charge on any atom is 0.336 e. The molecule has 2 heterocycles. The van der Waals surface area contributed by atoms with Gasteiger partial charge in [0.2, 0.25) is 0 Å². The lowest BCUT2D eigenvalue weighted by Crippen LogP contribution is -1.99. The summed E-state index contributed by atoms with van der Waals surface area (Å²) in [4.78, 5) is 11.3. The highest BCUT2D eigenvalue weighted by atomic mass is 32.1. The highest BCUT2D eigenvalue weighted by Gasteiger charge is 2.06. The molecule has 0 radical (unpaired) electrons. The standard InChI is InChI=1S/C12H14O2S/c1-2-3-4-5-10-12-9(6-7-15-12)8-11(13)14-10/h6-8H,2-5H2,1H3. The first-order chi connectivity index (χ1) is 7.31. The van der Waals surface area contributed by atoms with Crippen LogP contribution in [0.25, 0.3) is 10.1 Å². The van der Waals surface area contributed by atoms with E-state index in [0.717, 1.165) is 28.7 Å². The average Bonchev–Trinajstić information content (AvgIpc) is 2.65. The van der Waals surface area contributed by atoms with Crippen LogP contribution in [-0.4, -0.2) is 0 Å². The van der Waals surface area contributed by atoms with Crippen LogP contribution in [-0.2, 0) is 6.42 Å². The highest BCUT2D eigenvalue weighted by Crippen LogP contribution is 2.24. The molecule has 0 aromatic carbocycles. The first-order valence-electron chi connectivity index (χ1n) is 5.31. The summed E-state index contributed by atoms with van der Waals surface area (Å²) < 4.78 is 6.38. The van der Waals surface area contributed by atoms with Gasteiger partial charge in [-0.1, -0.05) is 19.8 Å². The summed E-state index contributed by atoms with van der Waals surface area (Å²) in [5.74, 6) is 0.862. The predicted molar refractivity (Wildman–Crippen MR) is 63.6 cm³/mol. The van der Waals surface area contributed by atoms with Gasteiger partial charge in [0.05, 0.1) is 4.70 Å². The molecular weight excluding hydrogens is 208 g/mol. The first-order valence-corrected chi connectivity index (χ1v) is 6.19. The van der Waals surface area contributed by atoms with E-state index in [-0.39, 0.29) is 5.63 Å². The van der Waals surface area contributed by atoms with Crippen molar-refractivity contribution in [3.05, 3.63) is 33.7 Å². The maximum atomic E-state index is 11.3. The fourth-order valence-electron chi connectivity index (χ4n) is 1.68. The Hall–Kier alpha value is -1.09. The number of thiophene rings is 1. The van der Waals surface area contributed by atoms with Gasteiger partial charge in [0, 0.05) is 17.9 Å². The zero-order valence-electron chi connectivity index (χ0n) is 8.79. The quantitative estimate of drug-likeness (QED) is 0.740. The molecule has 2 aromatic rings. The zero-order valence-corrected chi connectivity index (χ0v) is 9.60. The highest BCUT2D eigenvalue weighted by molar-refractivity contribution is 7.17. The van der Waals surface area contributed by atoms with Crippen LogP contribution in [0.5, 0.6) is 0 Å². The Morgan fingerprint density at radius 3 is 3.07 bits per heavy atom. The molecule has 0 aliphatic rings. The first kappa shape index (κ1) is 10.4. The van der Waals surface area contributed by atoms with Crippen LogP contribution in [0, 0.1) is 0 Å². The number of hydrogen-bond donors (Lipinski definition) is 0. The van der Waals surface area contributed by atoms with Crippen LogP contribution in [0.15, 0.2) is 26.7 Å². The molecule has 0 unspecified atom stereocenters. The lowest BCUT2D eigenvalue weighted by Gasteiger charge is -2.00. The van der Waals surface area contributed by atoms with Crippen LogP contribution in [0.1, 0.15) is 31.9 Å². The molecule has 3 heteroatoms. The molecule has 0 fully saturated rings. The second kappa shape index (κ2) is 4.62. The Morgan fingerprint density at radius 1 is 1.40 bits per heavy atom. The largest absolute Gasteiger partial charge is 0.426 e. The molecule has 0 bridgehead atoms. The third-order valence-electron chi connectivity index (χ3n) is 2.45. The van der Waals surface area contributed by atoms with Crippen molar-refractivity contribution in [2.24, 2.45) is 0 Å². The summed E-state index contributed by atoms with van der Waals surface area (Å²) in [6.45, 7) is 2.17. The van der Waals surface area contributed by atoms with Gasteiger partial charge in [-0.2, -0.15) is 0 Å². The molecule has 0 amide bonds. The minimum absolute atomic E-state index is 0.229. The van der Waals surface area contributed by atoms with Crippen molar-refractivity contribution in [1.29, 1.82) is 0 Å². The third kappa shape index (κ3) is 2.29. The van der Waals surface area contributed by atoms with Crippen LogP contribution >= 0.6 is 11.3 Å². The molecule has 15 heavy (non-hydrogen) atoms. The second-order valence-electron chi connectivity index (χ2n) is 3.65. The summed E-state index contributed by atoms with van der Waals surface area (Å²) in [6.07, 6.45) is 4.34. The van der Waals surface area contributed by atoms with E-state index in [1.54, 1.807) is 17.4 Å². The normalized spacial score (nSPS) is 11.0. The number of rotatable bonds is 4. The van der Waals surface area contributed by atoms with E-state index < -0.39 is 0 Å². The van der Waals surface area contributed by atoms with Gasteiger partial charge in [-0.05, 0) is 17.9 Å². The van der Waals surface area contributed by atoms with E-state index in [2.05, 4.69) is 6.92 Å². The maximum absolute atomic E-state index is 11.3. The van der Waals surface area contributed by atoms with Gasteiger partial charge in [-0.15, -0.1) is 11.3 Å². The van der Waals surface area contributed by atoms with Gasteiger partial charge in [-0.25, -0.2) is 4.79 Å². The van der Waals surface area contributed by atoms with E-state index in [9.17, 15) is 4.79 Å². The van der Waals surface area contributed by atoms with Gasteiger partial charge in [0.25, 0.3) is 0 Å². The van der Waals surface area contributed by atoms with E-state index in [1.807, 2.05) is 11.4 Å². The van der Waals surface area contributed by atoms with Crippen molar-refractivity contribution in [1.82, 2.24) is 0 Å². The number of fused-ring (bicyclic) bond motifs is 1. The van der Waals surface area contributed by atoms with Gasteiger partial charge in [0.1, 0.15) is 5.76 Å². The second-order valence-corrected chi connectivity index (χ2v) is 4.57. The number of unbranched alkanes of at least 4 members (excludes halogenated alkanes) is 2. The van der Waals surface area contributed by atoms with E-state index in [0.29, 0.717) is 0 Å². The van der Waals surface area contributed by atoms with Crippen molar-refractivity contribution < 1.29 is 4.42 Å². The number of hydrogen-bond acceptors (Lipinski definition) is 3. The Labute approximate surface area is 92.5 Å². The number of aryl methyl sites for hydroxylation is 1.